The largest absolute Gasteiger partial charge is 0.748 e. The van der Waals surface area contributed by atoms with Crippen LogP contribution in [0.3, 0.4) is 0 Å². The van der Waals surface area contributed by atoms with Gasteiger partial charge in [-0.25, -0.2) is 16.8 Å². The maximum atomic E-state index is 12.5. The SMILES string of the molecule is CCCCC(C)(C)c1cc(OC(=O)CS(=O)(=O)[O-])c(C2CCC(C3CCCCC3)CC2)c(OC(=O)CS(=O)(=O)[O-])c1.CCCCC(C)(C)c1cc(OP(=O)([O-])O)c(C2CCC(C3CCCCC3)CC2)c(OP(=O)([O-])O)c1. The zero-order chi connectivity index (χ0) is 56.3. The minimum Gasteiger partial charge on any atom is -0.748 e. The first-order valence-corrected chi connectivity index (χ1v) is 33.6. The van der Waals surface area contributed by atoms with Crippen LogP contribution >= 0.6 is 15.6 Å². The van der Waals surface area contributed by atoms with Gasteiger partial charge in [0.05, 0.1) is 0 Å². The molecule has 0 amide bonds. The molecule has 0 spiro atoms. The van der Waals surface area contributed by atoms with Gasteiger partial charge in [-0.1, -0.05) is 131 Å². The fourth-order valence-corrected chi connectivity index (χ4v) is 13.9. The third-order valence-corrected chi connectivity index (χ3v) is 18.6. The van der Waals surface area contributed by atoms with Gasteiger partial charge in [-0.2, -0.15) is 0 Å². The first-order chi connectivity index (χ1) is 35.4. The fourth-order valence-electron chi connectivity index (χ4n) is 12.4. The summed E-state index contributed by atoms with van der Waals surface area (Å²) >= 11 is 0. The molecule has 4 aliphatic rings. The molecule has 2 aromatic rings. The number of benzene rings is 2. The average molecular weight is 1150 g/mol. The maximum Gasteiger partial charge on any atom is 0.325 e. The second-order valence-electron chi connectivity index (χ2n) is 23.2. The van der Waals surface area contributed by atoms with E-state index in [1.807, 2.05) is 34.6 Å². The van der Waals surface area contributed by atoms with E-state index in [9.17, 15) is 64.2 Å². The molecule has 6 rings (SSSR count). The van der Waals surface area contributed by atoms with Crippen molar-refractivity contribution in [1.29, 1.82) is 0 Å². The Bertz CT molecular complexity index is 2460. The third-order valence-electron chi connectivity index (χ3n) is 16.5. The molecule has 0 aromatic heterocycles. The lowest BCUT2D eigenvalue weighted by Gasteiger charge is -2.37. The van der Waals surface area contributed by atoms with E-state index in [4.69, 9.17) is 18.5 Å². The molecule has 22 heteroatoms. The Balaban J connectivity index is 0.000000284. The van der Waals surface area contributed by atoms with E-state index in [-0.39, 0.29) is 40.4 Å². The van der Waals surface area contributed by atoms with Gasteiger partial charge < -0.3 is 47.2 Å². The topological polar surface area (TPSA) is 306 Å². The van der Waals surface area contributed by atoms with Crippen molar-refractivity contribution in [2.24, 2.45) is 23.7 Å². The van der Waals surface area contributed by atoms with Crippen molar-refractivity contribution in [2.75, 3.05) is 11.5 Å². The monoisotopic (exact) mass is 1140 g/mol. The van der Waals surface area contributed by atoms with Crippen LogP contribution in [0.5, 0.6) is 23.0 Å². The van der Waals surface area contributed by atoms with Gasteiger partial charge in [-0.15, -0.1) is 0 Å². The highest BCUT2D eigenvalue weighted by molar-refractivity contribution is 7.86. The van der Waals surface area contributed by atoms with Crippen LogP contribution in [-0.2, 0) is 49.8 Å². The number of hydrogen-bond donors (Lipinski definition) is 2. The van der Waals surface area contributed by atoms with Crippen LogP contribution in [-0.4, -0.2) is 59.2 Å². The van der Waals surface area contributed by atoms with Crippen LogP contribution in [0.2, 0.25) is 0 Å². The molecule has 2 N–H and O–H groups in total. The summed E-state index contributed by atoms with van der Waals surface area (Å²) in [5, 5.41) is 0. The lowest BCUT2D eigenvalue weighted by atomic mass is 9.69. The molecule has 0 aliphatic heterocycles. The Kier molecular flexibility index (Phi) is 23.1. The summed E-state index contributed by atoms with van der Waals surface area (Å²) in [6, 6.07) is 6.38. The Morgan fingerprint density at radius 3 is 1.11 bits per heavy atom. The van der Waals surface area contributed by atoms with E-state index in [0.717, 1.165) is 77.0 Å². The number of carbonyl (C=O) groups is 2. The Labute approximate surface area is 451 Å². The molecule has 0 bridgehead atoms. The number of phosphoric ester groups is 2. The number of esters is 2. The van der Waals surface area contributed by atoms with E-state index in [1.54, 1.807) is 24.3 Å². The van der Waals surface area contributed by atoms with Crippen molar-refractivity contribution in [3.8, 4) is 23.0 Å². The van der Waals surface area contributed by atoms with E-state index < -0.39 is 70.2 Å². The summed E-state index contributed by atoms with van der Waals surface area (Å²) < 4.78 is 112. The van der Waals surface area contributed by atoms with Crippen LogP contribution in [0.4, 0.5) is 0 Å². The van der Waals surface area contributed by atoms with Gasteiger partial charge in [0.2, 0.25) is 0 Å². The first-order valence-electron chi connectivity index (χ1n) is 27.5. The molecule has 0 saturated heterocycles. The van der Waals surface area contributed by atoms with Crippen molar-refractivity contribution in [3.63, 3.8) is 0 Å². The van der Waals surface area contributed by atoms with Gasteiger partial charge in [0.1, 0.15) is 54.7 Å². The molecular formula is C54H82O18P2S2-4. The van der Waals surface area contributed by atoms with Crippen LogP contribution < -0.4 is 28.3 Å². The standard InChI is InChI=1S/C29H44O10S2.C25H42O8P2/c1-4-5-15-29(2,3)23-16-24(38-26(30)18-40(32,33)34)28(25(17-23)39-27(31)19-41(35,36)37)22-13-11-21(12-14-22)20-9-7-6-8-10-20;1-4-5-15-25(2,3)21-16-22(32-34(26,27)28)24(23(17-21)33-35(29,30)31)20-13-11-19(12-14-20)18-9-7-6-8-10-18/h16-17,20-22H,4-15,18-19H2,1-3H3,(H,32,33,34)(H,35,36,37);16-20H,4-15H2,1-3H3,(H2,26,27,28)(H2,29,30,31)/p-4. The van der Waals surface area contributed by atoms with Crippen molar-refractivity contribution in [3.05, 3.63) is 46.5 Å². The molecule has 4 aliphatic carbocycles. The van der Waals surface area contributed by atoms with Gasteiger partial charge in [-0.05, 0) is 146 Å². The molecule has 0 radical (unpaired) electrons. The first kappa shape index (κ1) is 63.9. The van der Waals surface area contributed by atoms with Gasteiger partial charge in [0.25, 0.3) is 0 Å². The quantitative estimate of drug-likeness (QED) is 0.0479. The molecule has 432 valence electrons. The highest BCUT2D eigenvalue weighted by atomic mass is 32.2. The number of rotatable bonds is 22. The number of carbonyl (C=O) groups excluding carboxylic acids is 2. The van der Waals surface area contributed by atoms with Crippen LogP contribution in [0.1, 0.15) is 230 Å². The fraction of sp³-hybridized carbons (Fsp3) is 0.741. The molecule has 4 saturated carbocycles. The number of ether oxygens (including phenoxy) is 2. The molecule has 2 atom stereocenters. The van der Waals surface area contributed by atoms with Crippen LogP contribution in [0.25, 0.3) is 0 Å². The van der Waals surface area contributed by atoms with E-state index in [1.165, 1.54) is 64.2 Å². The molecule has 18 nitrogen and oxygen atoms in total. The van der Waals surface area contributed by atoms with Crippen molar-refractivity contribution >= 4 is 47.8 Å². The zero-order valence-electron chi connectivity index (χ0n) is 45.3. The molecule has 0 heterocycles. The number of phosphoric acid groups is 2. The second kappa shape index (κ2) is 27.5. The van der Waals surface area contributed by atoms with Gasteiger partial charge in [-0.3, -0.25) is 18.7 Å². The summed E-state index contributed by atoms with van der Waals surface area (Å²) in [4.78, 5) is 67.7. The third kappa shape index (κ3) is 20.3. The predicted molar refractivity (Wildman–Crippen MR) is 282 cm³/mol. The normalized spacial score (nSPS) is 23.0. The number of unbranched alkanes of at least 4 members (excludes halogenated alkanes) is 2. The summed E-state index contributed by atoms with van der Waals surface area (Å²) in [5.74, 6) is -3.50. The minimum atomic E-state index is -5.18. The van der Waals surface area contributed by atoms with E-state index in [0.29, 0.717) is 53.2 Å². The average Bonchev–Trinajstić information content (AvgIpc) is 3.31. The van der Waals surface area contributed by atoms with Gasteiger partial charge in [0, 0.05) is 11.1 Å². The summed E-state index contributed by atoms with van der Waals surface area (Å²) in [6.45, 7) is 11.9. The van der Waals surface area contributed by atoms with Gasteiger partial charge in [0.15, 0.2) is 0 Å². The molecule has 2 aromatic carbocycles. The summed E-state index contributed by atoms with van der Waals surface area (Å²) in [6.07, 6.45) is 24.1. The Morgan fingerprint density at radius 1 is 0.526 bits per heavy atom. The summed E-state index contributed by atoms with van der Waals surface area (Å²) in [5.41, 5.74) is 0.898. The Hall–Kier alpha value is -2.90. The van der Waals surface area contributed by atoms with Crippen molar-refractivity contribution in [2.45, 2.75) is 218 Å². The predicted octanol–water partition coefficient (Wildman–Crippen LogP) is 10.6. The molecule has 2 unspecified atom stereocenters. The zero-order valence-corrected chi connectivity index (χ0v) is 48.7. The second-order valence-corrected chi connectivity index (χ2v) is 28.3. The lowest BCUT2D eigenvalue weighted by molar-refractivity contribution is -0.212. The highest BCUT2D eigenvalue weighted by Crippen LogP contribution is 2.54. The van der Waals surface area contributed by atoms with Crippen molar-refractivity contribution in [1.82, 2.24) is 0 Å². The maximum absolute atomic E-state index is 12.5. The van der Waals surface area contributed by atoms with Gasteiger partial charge >= 0.3 is 27.6 Å². The lowest BCUT2D eigenvalue weighted by Crippen LogP contribution is -2.26. The van der Waals surface area contributed by atoms with E-state index in [2.05, 4.69) is 6.92 Å². The van der Waals surface area contributed by atoms with Crippen LogP contribution in [0, 0.1) is 23.7 Å². The number of hydrogen-bond acceptors (Lipinski definition) is 16. The Morgan fingerprint density at radius 2 is 0.816 bits per heavy atom. The molecular weight excluding hydrogens is 1060 g/mol. The van der Waals surface area contributed by atoms with Crippen molar-refractivity contribution < 1.29 is 82.8 Å². The highest BCUT2D eigenvalue weighted by Gasteiger charge is 2.37. The summed E-state index contributed by atoms with van der Waals surface area (Å²) in [7, 11) is -20.2. The van der Waals surface area contributed by atoms with Crippen LogP contribution in [0.15, 0.2) is 24.3 Å². The molecule has 76 heavy (non-hydrogen) atoms. The minimum absolute atomic E-state index is 0.0189. The van der Waals surface area contributed by atoms with E-state index >= 15 is 0 Å². The smallest absolute Gasteiger partial charge is 0.325 e. The molecule has 4 fully saturated rings.